The highest BCUT2D eigenvalue weighted by Crippen LogP contribution is 2.35. The smallest absolute Gasteiger partial charge is 0.379 e. The molecule has 0 aromatic heterocycles. The molecule has 0 bridgehead atoms. The van der Waals surface area contributed by atoms with E-state index in [1.54, 1.807) is 0 Å². The number of nitrogens with two attached hydrogens (primary N) is 1. The van der Waals surface area contributed by atoms with Crippen molar-refractivity contribution in [3.63, 3.8) is 0 Å². The first-order valence-electron chi connectivity index (χ1n) is 5.17. The molecule has 1 atom stereocenters. The van der Waals surface area contributed by atoms with Gasteiger partial charge in [-0.2, -0.15) is 8.78 Å². The molecule has 0 fully saturated rings. The van der Waals surface area contributed by atoms with E-state index >= 15 is 0 Å². The average molecular weight is 336 g/mol. The molecule has 20 heavy (non-hydrogen) atoms. The molecule has 0 heterocycles. The summed E-state index contributed by atoms with van der Waals surface area (Å²) in [5, 5.41) is -0.577. The topological polar surface area (TPSA) is 52.3 Å². The van der Waals surface area contributed by atoms with Crippen molar-refractivity contribution < 1.29 is 27.1 Å². The van der Waals surface area contributed by atoms with Gasteiger partial charge in [-0.05, 0) is 19.1 Å². The van der Waals surface area contributed by atoms with E-state index in [1.807, 2.05) is 0 Å². The molecule has 0 aliphatic rings. The number of esters is 1. The molecule has 1 aromatic carbocycles. The lowest BCUT2D eigenvalue weighted by Gasteiger charge is -2.22. The summed E-state index contributed by atoms with van der Waals surface area (Å²) in [4.78, 5) is 11.1. The van der Waals surface area contributed by atoms with Gasteiger partial charge in [0.1, 0.15) is 17.7 Å². The van der Waals surface area contributed by atoms with E-state index in [2.05, 4.69) is 4.74 Å². The number of alkyl halides is 2. The van der Waals surface area contributed by atoms with Crippen LogP contribution in [0.5, 0.6) is 0 Å². The Kier molecular flexibility index (Phi) is 6.73. The largest absolute Gasteiger partial charge is 0.462 e. The van der Waals surface area contributed by atoms with Crippen molar-refractivity contribution in [3.8, 4) is 0 Å². The quantitative estimate of drug-likeness (QED) is 0.522. The maximum atomic E-state index is 13.6. The Morgan fingerprint density at radius 3 is 2.50 bits per heavy atom. The minimum atomic E-state index is -4.28. The minimum Gasteiger partial charge on any atom is -0.462 e. The van der Waals surface area contributed by atoms with Crippen LogP contribution in [-0.4, -0.2) is 18.5 Å². The van der Waals surface area contributed by atoms with Crippen LogP contribution in [0.4, 0.5) is 17.6 Å². The van der Waals surface area contributed by atoms with E-state index in [9.17, 15) is 22.4 Å². The third kappa shape index (κ3) is 3.53. The summed E-state index contributed by atoms with van der Waals surface area (Å²) in [5.41, 5.74) is 3.92. The van der Waals surface area contributed by atoms with Crippen molar-refractivity contribution >= 4 is 30.0 Å². The molecule has 0 radical (unpaired) electrons. The van der Waals surface area contributed by atoms with Crippen molar-refractivity contribution in [3.05, 3.63) is 34.4 Å². The number of carbonyl (C=O) groups is 1. The molecule has 0 saturated heterocycles. The first-order valence-corrected chi connectivity index (χ1v) is 5.55. The summed E-state index contributed by atoms with van der Waals surface area (Å²) < 4.78 is 58.3. The third-order valence-corrected chi connectivity index (χ3v) is 2.62. The molecule has 0 unspecified atom stereocenters. The lowest BCUT2D eigenvalue weighted by atomic mass is 10.00. The second-order valence-electron chi connectivity index (χ2n) is 3.58. The van der Waals surface area contributed by atoms with Gasteiger partial charge in [0.15, 0.2) is 0 Å². The molecule has 2 N–H and O–H groups in total. The number of ether oxygens (including phenoxy) is 1. The van der Waals surface area contributed by atoms with Gasteiger partial charge in [-0.3, -0.25) is 0 Å². The zero-order valence-electron chi connectivity index (χ0n) is 10.1. The molecule has 9 heteroatoms. The van der Waals surface area contributed by atoms with Crippen molar-refractivity contribution in [1.82, 2.24) is 0 Å². The number of hydrogen-bond acceptors (Lipinski definition) is 3. The van der Waals surface area contributed by atoms with Gasteiger partial charge in [0.2, 0.25) is 0 Å². The van der Waals surface area contributed by atoms with Crippen LogP contribution >= 0.6 is 24.0 Å². The molecule has 0 saturated carbocycles. The second kappa shape index (κ2) is 7.10. The molecule has 3 nitrogen and oxygen atoms in total. The highest BCUT2D eigenvalue weighted by atomic mass is 35.5. The van der Waals surface area contributed by atoms with Gasteiger partial charge in [0.05, 0.1) is 11.6 Å². The van der Waals surface area contributed by atoms with Crippen LogP contribution in [0, 0.1) is 11.6 Å². The number of hydrogen-bond donors (Lipinski definition) is 1. The maximum absolute atomic E-state index is 13.6. The predicted octanol–water partition coefficient (Wildman–Crippen LogP) is 3.24. The van der Waals surface area contributed by atoms with Gasteiger partial charge in [-0.1, -0.05) is 11.6 Å². The average Bonchev–Trinajstić information content (AvgIpc) is 2.34. The fourth-order valence-electron chi connectivity index (χ4n) is 1.36. The monoisotopic (exact) mass is 335 g/mol. The van der Waals surface area contributed by atoms with Crippen LogP contribution in [0.2, 0.25) is 5.02 Å². The third-order valence-electron chi connectivity index (χ3n) is 2.33. The molecule has 0 aliphatic heterocycles. The van der Waals surface area contributed by atoms with Crippen molar-refractivity contribution in [2.24, 2.45) is 5.73 Å². The van der Waals surface area contributed by atoms with Crippen LogP contribution < -0.4 is 5.73 Å². The summed E-state index contributed by atoms with van der Waals surface area (Å²) in [6.45, 7) is 0.988. The second-order valence-corrected chi connectivity index (χ2v) is 3.99. The van der Waals surface area contributed by atoms with Gasteiger partial charge in [0, 0.05) is 5.56 Å². The van der Waals surface area contributed by atoms with Gasteiger partial charge < -0.3 is 10.5 Å². The zero-order chi connectivity index (χ0) is 14.8. The number of carbonyl (C=O) groups excluding carboxylic acids is 1. The summed E-state index contributed by atoms with van der Waals surface area (Å²) in [6, 6.07) is -1.00. The Balaban J connectivity index is 0.00000361. The van der Waals surface area contributed by atoms with E-state index in [-0.39, 0.29) is 19.0 Å². The van der Waals surface area contributed by atoms with Gasteiger partial charge in [0.25, 0.3) is 0 Å². The lowest BCUT2D eigenvalue weighted by molar-refractivity contribution is -0.175. The molecule has 0 amide bonds. The Morgan fingerprint density at radius 1 is 1.45 bits per heavy atom. The van der Waals surface area contributed by atoms with Crippen LogP contribution in [0.3, 0.4) is 0 Å². The van der Waals surface area contributed by atoms with Crippen LogP contribution in [-0.2, 0) is 9.53 Å². The van der Waals surface area contributed by atoms with Crippen molar-refractivity contribution in [2.45, 2.75) is 18.9 Å². The SMILES string of the molecule is CCOC(=O)C(F)(F)[C@@H](N)c1c(F)ccc(Cl)c1F.Cl. The summed E-state index contributed by atoms with van der Waals surface area (Å²) in [6.07, 6.45) is 0. The standard InChI is InChI=1S/C11H10ClF4NO2.ClH/c1-2-19-10(18)11(15,16)9(17)7-6(13)4-3-5(12)8(7)14;/h3-4,9H,2,17H2,1H3;1H/t9-;/m0./s1. The fraction of sp³-hybridized carbons (Fsp3) is 0.364. The number of benzene rings is 1. The maximum Gasteiger partial charge on any atom is 0.379 e. The molecule has 0 aliphatic carbocycles. The Bertz CT molecular complexity index is 500. The molecular formula is C11H11Cl2F4NO2. The first kappa shape index (κ1) is 18.9. The zero-order valence-corrected chi connectivity index (χ0v) is 11.7. The molecule has 114 valence electrons. The summed E-state index contributed by atoms with van der Waals surface area (Å²) >= 11 is 5.36. The minimum absolute atomic E-state index is 0. The highest BCUT2D eigenvalue weighted by molar-refractivity contribution is 6.30. The van der Waals surface area contributed by atoms with Gasteiger partial charge in [-0.25, -0.2) is 13.6 Å². The van der Waals surface area contributed by atoms with E-state index in [0.29, 0.717) is 6.07 Å². The summed E-state index contributed by atoms with van der Waals surface area (Å²) in [7, 11) is 0. The van der Waals surface area contributed by atoms with Crippen LogP contribution in [0.15, 0.2) is 12.1 Å². The number of rotatable bonds is 4. The Labute approximate surface area is 123 Å². The predicted molar refractivity (Wildman–Crippen MR) is 67.1 cm³/mol. The van der Waals surface area contributed by atoms with Crippen molar-refractivity contribution in [1.29, 1.82) is 0 Å². The highest BCUT2D eigenvalue weighted by Gasteiger charge is 2.49. The summed E-state index contributed by atoms with van der Waals surface area (Å²) in [5.74, 6) is -8.99. The molecule has 1 rings (SSSR count). The lowest BCUT2D eigenvalue weighted by Crippen LogP contribution is -2.42. The van der Waals surface area contributed by atoms with E-state index < -0.39 is 40.2 Å². The van der Waals surface area contributed by atoms with E-state index in [1.165, 1.54) is 6.92 Å². The van der Waals surface area contributed by atoms with Gasteiger partial charge >= 0.3 is 11.9 Å². The molecule has 0 spiro atoms. The molecule has 1 aromatic rings. The van der Waals surface area contributed by atoms with Crippen LogP contribution in [0.1, 0.15) is 18.5 Å². The van der Waals surface area contributed by atoms with E-state index in [4.69, 9.17) is 17.3 Å². The normalized spacial score (nSPS) is 12.6. The van der Waals surface area contributed by atoms with Gasteiger partial charge in [-0.15, -0.1) is 12.4 Å². The molecular weight excluding hydrogens is 325 g/mol. The van der Waals surface area contributed by atoms with E-state index in [0.717, 1.165) is 6.07 Å². The fourth-order valence-corrected chi connectivity index (χ4v) is 1.53. The number of halogens is 6. The van der Waals surface area contributed by atoms with Crippen LogP contribution in [0.25, 0.3) is 0 Å². The van der Waals surface area contributed by atoms with Crippen molar-refractivity contribution in [2.75, 3.05) is 6.61 Å². The first-order chi connectivity index (χ1) is 8.73. The Morgan fingerprint density at radius 2 is 2.00 bits per heavy atom. The Hall–Kier alpha value is -1.05.